The van der Waals surface area contributed by atoms with Gasteiger partial charge >= 0.3 is 0 Å². The van der Waals surface area contributed by atoms with Crippen LogP contribution < -0.4 is 0 Å². The van der Waals surface area contributed by atoms with Crippen LogP contribution in [0.15, 0.2) is 195 Å². The van der Waals surface area contributed by atoms with Crippen LogP contribution in [0.2, 0.25) is 0 Å². The van der Waals surface area contributed by atoms with E-state index in [0.717, 1.165) is 56.2 Å². The fraction of sp³-hybridized carbons (Fsp3) is 0. The Kier molecular flexibility index (Phi) is 7.07. The summed E-state index contributed by atoms with van der Waals surface area (Å²) >= 11 is 0. The zero-order chi connectivity index (χ0) is 36.3. The second-order valence-corrected chi connectivity index (χ2v) is 13.9. The molecule has 0 fully saturated rings. The van der Waals surface area contributed by atoms with Crippen molar-refractivity contribution in [3.8, 4) is 61.7 Å². The van der Waals surface area contributed by atoms with E-state index in [0.29, 0.717) is 5.78 Å². The van der Waals surface area contributed by atoms with Crippen LogP contribution in [0.4, 0.5) is 0 Å². The lowest BCUT2D eigenvalue weighted by Crippen LogP contribution is -1.98. The summed E-state index contributed by atoms with van der Waals surface area (Å²) in [6, 6.07) is 58.5. The summed E-state index contributed by atoms with van der Waals surface area (Å²) < 4.78 is 6.45. The monoisotopic (exact) mass is 704 g/mol. The Morgan fingerprint density at radius 2 is 1.09 bits per heavy atom. The highest BCUT2D eigenvalue weighted by atomic mass is 15.1. The van der Waals surface area contributed by atoms with Gasteiger partial charge in [-0.2, -0.15) is 0 Å². The fourth-order valence-electron chi connectivity index (χ4n) is 7.90. The topological polar surface area (TPSA) is 52.4 Å². The second kappa shape index (κ2) is 12.5. The van der Waals surface area contributed by atoms with Crippen molar-refractivity contribution in [2.24, 2.45) is 0 Å². The standard InChI is InChI=1S/C49H32N6/c1-3-10-36(11-4-1)47-42-29-40-28-38(33-15-17-34(18-16-33)44-32-54-27-9-25-50-49(54)52-44)19-20-39(40)30-45(42)55(48(47)37-12-5-2-6-13-37)41-23-21-35(22-24-41)43-31-53-26-8-7-14-46(53)51-43/h1-32H. The lowest BCUT2D eigenvalue weighted by molar-refractivity contribution is 1.11. The van der Waals surface area contributed by atoms with Gasteiger partial charge in [-0.15, -0.1) is 0 Å². The molecule has 6 aromatic carbocycles. The van der Waals surface area contributed by atoms with Gasteiger partial charge in [0.05, 0.1) is 22.6 Å². The zero-order valence-electron chi connectivity index (χ0n) is 29.7. The smallest absolute Gasteiger partial charge is 0.234 e. The third-order valence-electron chi connectivity index (χ3n) is 10.6. The maximum Gasteiger partial charge on any atom is 0.234 e. The van der Waals surface area contributed by atoms with Gasteiger partial charge in [0.1, 0.15) is 5.65 Å². The summed E-state index contributed by atoms with van der Waals surface area (Å²) in [5, 5.41) is 3.58. The van der Waals surface area contributed by atoms with Crippen LogP contribution >= 0.6 is 0 Å². The molecule has 258 valence electrons. The first-order valence-corrected chi connectivity index (χ1v) is 18.4. The van der Waals surface area contributed by atoms with Crippen LogP contribution in [-0.2, 0) is 0 Å². The van der Waals surface area contributed by atoms with Crippen molar-refractivity contribution in [2.45, 2.75) is 0 Å². The van der Waals surface area contributed by atoms with Crippen molar-refractivity contribution in [1.82, 2.24) is 28.3 Å². The fourth-order valence-corrected chi connectivity index (χ4v) is 7.90. The van der Waals surface area contributed by atoms with Crippen molar-refractivity contribution < 1.29 is 0 Å². The maximum absolute atomic E-state index is 4.88. The molecule has 6 nitrogen and oxygen atoms in total. The minimum Gasteiger partial charge on any atom is -0.309 e. The number of fused-ring (bicyclic) bond motifs is 4. The molecule has 0 aliphatic carbocycles. The number of rotatable bonds is 6. The van der Waals surface area contributed by atoms with Gasteiger partial charge in [0, 0.05) is 58.7 Å². The average molecular weight is 705 g/mol. The van der Waals surface area contributed by atoms with Crippen LogP contribution in [0.5, 0.6) is 0 Å². The molecule has 5 heterocycles. The van der Waals surface area contributed by atoms with E-state index in [1.165, 1.54) is 32.8 Å². The van der Waals surface area contributed by atoms with E-state index >= 15 is 0 Å². The van der Waals surface area contributed by atoms with Crippen molar-refractivity contribution in [2.75, 3.05) is 0 Å². The predicted octanol–water partition coefficient (Wildman–Crippen LogP) is 11.8. The average Bonchev–Trinajstić information content (AvgIpc) is 3.98. The maximum atomic E-state index is 4.88. The summed E-state index contributed by atoms with van der Waals surface area (Å²) in [5.74, 6) is 0.696. The van der Waals surface area contributed by atoms with E-state index in [1.54, 1.807) is 6.20 Å². The van der Waals surface area contributed by atoms with Crippen molar-refractivity contribution in [3.05, 3.63) is 195 Å². The molecule has 0 aliphatic heterocycles. The number of imidazole rings is 2. The molecule has 0 bridgehead atoms. The number of hydrogen-bond donors (Lipinski definition) is 0. The minimum absolute atomic E-state index is 0.696. The molecule has 0 amide bonds. The van der Waals surface area contributed by atoms with Gasteiger partial charge in [0.2, 0.25) is 5.78 Å². The molecule has 0 saturated heterocycles. The van der Waals surface area contributed by atoms with E-state index in [1.807, 2.05) is 47.3 Å². The second-order valence-electron chi connectivity index (χ2n) is 13.9. The van der Waals surface area contributed by atoms with Gasteiger partial charge < -0.3 is 8.97 Å². The third-order valence-corrected chi connectivity index (χ3v) is 10.6. The van der Waals surface area contributed by atoms with Gasteiger partial charge in [-0.3, -0.25) is 4.40 Å². The normalized spacial score (nSPS) is 11.6. The molecule has 0 spiro atoms. The molecule has 5 aromatic heterocycles. The zero-order valence-corrected chi connectivity index (χ0v) is 29.7. The summed E-state index contributed by atoms with van der Waals surface area (Å²) in [4.78, 5) is 14.0. The van der Waals surface area contributed by atoms with Gasteiger partial charge in [-0.1, -0.05) is 115 Å². The first kappa shape index (κ1) is 31.0. The van der Waals surface area contributed by atoms with Crippen LogP contribution in [0.3, 0.4) is 0 Å². The summed E-state index contributed by atoms with van der Waals surface area (Å²) in [6.07, 6.45) is 9.89. The molecule has 0 saturated carbocycles. The SMILES string of the molecule is c1ccc(-c2c(-c3ccccc3)n(-c3ccc(-c4cn5ccccc5n4)cc3)c3cc4ccc(-c5ccc(-c6cn7cccnc7n6)cc5)cc4cc23)cc1. The Morgan fingerprint density at radius 1 is 0.436 bits per heavy atom. The van der Waals surface area contributed by atoms with Crippen molar-refractivity contribution >= 4 is 33.1 Å². The van der Waals surface area contributed by atoms with E-state index in [9.17, 15) is 0 Å². The molecule has 0 aliphatic rings. The molecule has 0 unspecified atom stereocenters. The van der Waals surface area contributed by atoms with Gasteiger partial charge in [-0.05, 0) is 81.6 Å². The lowest BCUT2D eigenvalue weighted by atomic mass is 9.95. The first-order valence-electron chi connectivity index (χ1n) is 18.4. The van der Waals surface area contributed by atoms with E-state index in [-0.39, 0.29) is 0 Å². The van der Waals surface area contributed by atoms with E-state index in [4.69, 9.17) is 9.97 Å². The highest BCUT2D eigenvalue weighted by Gasteiger charge is 2.22. The minimum atomic E-state index is 0.696. The van der Waals surface area contributed by atoms with Crippen molar-refractivity contribution in [1.29, 1.82) is 0 Å². The molecule has 11 rings (SSSR count). The summed E-state index contributed by atoms with van der Waals surface area (Å²) in [5.41, 5.74) is 14.2. The Morgan fingerprint density at radius 3 is 1.85 bits per heavy atom. The first-order chi connectivity index (χ1) is 27.2. The molecular weight excluding hydrogens is 673 g/mol. The quantitative estimate of drug-likeness (QED) is 0.173. The Labute approximate surface area is 316 Å². The van der Waals surface area contributed by atoms with Gasteiger partial charge in [0.15, 0.2) is 0 Å². The van der Waals surface area contributed by atoms with E-state index < -0.39 is 0 Å². The van der Waals surface area contributed by atoms with Gasteiger partial charge in [0.25, 0.3) is 0 Å². The highest BCUT2D eigenvalue weighted by molar-refractivity contribution is 6.11. The van der Waals surface area contributed by atoms with Crippen LogP contribution in [0, 0.1) is 0 Å². The van der Waals surface area contributed by atoms with Crippen LogP contribution in [0.1, 0.15) is 0 Å². The lowest BCUT2D eigenvalue weighted by Gasteiger charge is -2.14. The summed E-state index contributed by atoms with van der Waals surface area (Å²) in [6.45, 7) is 0. The number of benzene rings is 6. The molecule has 0 radical (unpaired) electrons. The predicted molar refractivity (Wildman–Crippen MR) is 223 cm³/mol. The van der Waals surface area contributed by atoms with E-state index in [2.05, 4.69) is 160 Å². The Balaban J connectivity index is 1.07. The molecule has 0 atom stereocenters. The van der Waals surface area contributed by atoms with Gasteiger partial charge in [-0.25, -0.2) is 15.0 Å². The van der Waals surface area contributed by atoms with Crippen LogP contribution in [-0.4, -0.2) is 28.3 Å². The Hall–Kier alpha value is -7.57. The third kappa shape index (κ3) is 5.31. The van der Waals surface area contributed by atoms with Crippen molar-refractivity contribution in [3.63, 3.8) is 0 Å². The highest BCUT2D eigenvalue weighted by Crippen LogP contribution is 2.44. The largest absolute Gasteiger partial charge is 0.309 e. The Bertz CT molecular complexity index is 3110. The molecule has 11 aromatic rings. The molecule has 55 heavy (non-hydrogen) atoms. The molecule has 6 heteroatoms. The number of nitrogens with zero attached hydrogens (tertiary/aromatic N) is 6. The molecular formula is C49H32N6. The number of hydrogen-bond acceptors (Lipinski definition) is 3. The number of pyridine rings is 1. The molecule has 0 N–H and O–H groups in total. The summed E-state index contributed by atoms with van der Waals surface area (Å²) in [7, 11) is 0. The number of aromatic nitrogens is 6. The van der Waals surface area contributed by atoms with Crippen LogP contribution in [0.25, 0.3) is 94.8 Å².